The molecule has 3 aromatic rings. The predicted octanol–water partition coefficient (Wildman–Crippen LogP) is -0.488. The van der Waals surface area contributed by atoms with Crippen molar-refractivity contribution < 1.29 is 48.3 Å². The number of H-pyrrole nitrogens is 1. The van der Waals surface area contributed by atoms with Crippen LogP contribution in [0.15, 0.2) is 29.6 Å². The normalized spacial score (nSPS) is 11.2. The number of nitrogens with one attached hydrogen (secondary N) is 1. The molecule has 1 atom stereocenters. The van der Waals surface area contributed by atoms with E-state index < -0.39 is 10.8 Å². The quantitative estimate of drug-likeness (QED) is 0.561. The molecule has 0 aliphatic heterocycles. The molecule has 2 N–H and O–H groups in total. The number of methoxy groups -OCH3 is 2. The molecule has 0 saturated carbocycles. The molecule has 3 rings (SSSR count). The summed E-state index contributed by atoms with van der Waals surface area (Å²) in [6, 6.07) is 5.50. The second kappa shape index (κ2) is 10.8. The summed E-state index contributed by atoms with van der Waals surface area (Å²) in [5, 5.41) is 7.43. The van der Waals surface area contributed by atoms with E-state index in [1.807, 2.05) is 32.0 Å². The number of ether oxygens (including phenoxy) is 2. The number of pyridine rings is 1. The Balaban J connectivity index is 0.00000118. The van der Waals surface area contributed by atoms with Crippen LogP contribution in [0.25, 0.3) is 11.0 Å². The zero-order valence-corrected chi connectivity index (χ0v) is 19.3. The number of aromatic amines is 1. The van der Waals surface area contributed by atoms with E-state index in [0.29, 0.717) is 5.16 Å². The third-order valence-electron chi connectivity index (χ3n) is 3.90. The number of hydrogen-bond donors (Lipinski definition) is 2. The van der Waals surface area contributed by atoms with Crippen molar-refractivity contribution in [3.63, 3.8) is 0 Å². The fraction of sp³-hybridized carbons (Fsp3) is 0.333. The molecule has 0 saturated heterocycles. The zero-order chi connectivity index (χ0) is 19.3. The van der Waals surface area contributed by atoms with Crippen LogP contribution in [0.1, 0.15) is 16.8 Å². The molecule has 140 valence electrons. The van der Waals surface area contributed by atoms with Gasteiger partial charge in [-0.05, 0) is 26.0 Å². The van der Waals surface area contributed by atoms with Crippen molar-refractivity contribution in [1.82, 2.24) is 15.0 Å². The molecule has 7 nitrogen and oxygen atoms in total. The summed E-state index contributed by atoms with van der Waals surface area (Å²) in [4.78, 5) is 11.9. The van der Waals surface area contributed by atoms with Crippen molar-refractivity contribution in [2.75, 3.05) is 21.3 Å². The van der Waals surface area contributed by atoms with Crippen LogP contribution in [-0.2, 0) is 16.6 Å². The maximum atomic E-state index is 12.7. The minimum Gasteiger partial charge on any atom is -0.497 e. The van der Waals surface area contributed by atoms with Gasteiger partial charge in [-0.25, -0.2) is 4.98 Å². The first-order chi connectivity index (χ1) is 12.5. The van der Waals surface area contributed by atoms with E-state index in [0.717, 1.165) is 46.5 Å². The van der Waals surface area contributed by atoms with E-state index in [4.69, 9.17) is 14.6 Å². The Bertz CT molecular complexity index is 930. The largest absolute Gasteiger partial charge is 1.00 e. The fourth-order valence-electron chi connectivity index (χ4n) is 2.61. The molecule has 9 heteroatoms. The molecule has 0 fully saturated rings. The van der Waals surface area contributed by atoms with Crippen LogP contribution in [0, 0.1) is 13.8 Å². The fourth-order valence-corrected chi connectivity index (χ4v) is 3.71. The third kappa shape index (κ3) is 5.30. The van der Waals surface area contributed by atoms with E-state index in [-0.39, 0.29) is 35.3 Å². The van der Waals surface area contributed by atoms with Crippen molar-refractivity contribution in [2.24, 2.45) is 0 Å². The zero-order valence-electron chi connectivity index (χ0n) is 16.5. The Labute approximate surface area is 183 Å². The Morgan fingerprint density at radius 3 is 2.52 bits per heavy atom. The van der Waals surface area contributed by atoms with Gasteiger partial charge in [0.1, 0.15) is 11.5 Å². The number of rotatable bonds is 5. The number of aryl methyl sites for hydroxylation is 1. The molecule has 0 aliphatic carbocycles. The average molecular weight is 400 g/mol. The number of aliphatic hydroxyl groups excluding tert-OH is 1. The number of imidazole rings is 1. The van der Waals surface area contributed by atoms with Crippen molar-refractivity contribution in [3.8, 4) is 11.5 Å². The second-order valence-electron chi connectivity index (χ2n) is 5.46. The van der Waals surface area contributed by atoms with Crippen LogP contribution >= 0.6 is 0 Å². The molecular weight excluding hydrogens is 377 g/mol. The van der Waals surface area contributed by atoms with E-state index in [9.17, 15) is 4.21 Å². The Kier molecular flexibility index (Phi) is 9.41. The van der Waals surface area contributed by atoms with Crippen LogP contribution < -0.4 is 39.0 Å². The van der Waals surface area contributed by atoms with Crippen molar-refractivity contribution >= 4 is 21.8 Å². The van der Waals surface area contributed by atoms with Crippen LogP contribution in [0.3, 0.4) is 0 Å². The van der Waals surface area contributed by atoms with E-state index in [2.05, 4.69) is 15.0 Å². The maximum Gasteiger partial charge on any atom is 1.00 e. The summed E-state index contributed by atoms with van der Waals surface area (Å²) >= 11 is 0. The standard InChI is InChI=1S/C17H19N3O3S.CH4O.Na/c1-10-8-18-15(11(2)16(10)23-4)9-24(21)17-19-13-6-5-12(22-3)7-14(13)20-17;1-2;/h5-8H,9H2,1-4H3,(H,19,20);2H,1H3;/q;;+1. The molecular formula is C18H23N3NaO4S+. The van der Waals surface area contributed by atoms with Gasteiger partial charge in [-0.15, -0.1) is 0 Å². The molecule has 0 bridgehead atoms. The predicted molar refractivity (Wildman–Crippen MR) is 101 cm³/mol. The minimum atomic E-state index is -1.33. The molecule has 2 heterocycles. The molecule has 0 spiro atoms. The molecule has 1 unspecified atom stereocenters. The van der Waals surface area contributed by atoms with Gasteiger partial charge in [0.25, 0.3) is 0 Å². The van der Waals surface area contributed by atoms with Crippen LogP contribution in [-0.4, -0.2) is 45.6 Å². The van der Waals surface area contributed by atoms with Crippen LogP contribution in [0.2, 0.25) is 0 Å². The first-order valence-electron chi connectivity index (χ1n) is 7.89. The van der Waals surface area contributed by atoms with Gasteiger partial charge in [0.15, 0.2) is 5.16 Å². The summed E-state index contributed by atoms with van der Waals surface area (Å²) in [5.41, 5.74) is 4.16. The van der Waals surface area contributed by atoms with Crippen LogP contribution in [0.4, 0.5) is 0 Å². The number of fused-ring (bicyclic) bond motifs is 1. The van der Waals surface area contributed by atoms with Gasteiger partial charge >= 0.3 is 29.6 Å². The molecule has 0 amide bonds. The molecule has 27 heavy (non-hydrogen) atoms. The van der Waals surface area contributed by atoms with Gasteiger partial charge in [0.2, 0.25) is 0 Å². The van der Waals surface area contributed by atoms with E-state index in [1.54, 1.807) is 20.4 Å². The monoisotopic (exact) mass is 400 g/mol. The summed E-state index contributed by atoms with van der Waals surface area (Å²) in [6.45, 7) is 3.86. The first kappa shape index (κ1) is 23.6. The third-order valence-corrected chi connectivity index (χ3v) is 5.06. The van der Waals surface area contributed by atoms with Crippen molar-refractivity contribution in [1.29, 1.82) is 0 Å². The van der Waals surface area contributed by atoms with Crippen LogP contribution in [0.5, 0.6) is 11.5 Å². The number of benzene rings is 1. The summed E-state index contributed by atoms with van der Waals surface area (Å²) in [7, 11) is 2.91. The van der Waals surface area contributed by atoms with E-state index in [1.165, 1.54) is 0 Å². The van der Waals surface area contributed by atoms with Gasteiger partial charge in [0, 0.05) is 30.5 Å². The maximum absolute atomic E-state index is 12.7. The summed E-state index contributed by atoms with van der Waals surface area (Å²) in [6.07, 6.45) is 1.74. The van der Waals surface area contributed by atoms with Gasteiger partial charge in [-0.2, -0.15) is 0 Å². The summed E-state index contributed by atoms with van der Waals surface area (Å²) < 4.78 is 23.3. The number of aliphatic hydroxyl groups is 1. The smallest absolute Gasteiger partial charge is 0.497 e. The molecule has 0 radical (unpaired) electrons. The van der Waals surface area contributed by atoms with Gasteiger partial charge < -0.3 is 19.6 Å². The molecule has 0 aliphatic rings. The minimum absolute atomic E-state index is 0. The number of aromatic nitrogens is 3. The topological polar surface area (TPSA) is 97.3 Å². The Hall–Kier alpha value is -1.45. The Morgan fingerprint density at radius 2 is 1.89 bits per heavy atom. The van der Waals surface area contributed by atoms with Gasteiger partial charge in [-0.1, -0.05) is 0 Å². The number of hydrogen-bond acceptors (Lipinski definition) is 6. The molecule has 1 aromatic carbocycles. The average Bonchev–Trinajstić information content (AvgIpc) is 3.09. The Morgan fingerprint density at radius 1 is 1.19 bits per heavy atom. The van der Waals surface area contributed by atoms with Crippen molar-refractivity contribution in [2.45, 2.75) is 24.8 Å². The van der Waals surface area contributed by atoms with Gasteiger partial charge in [0.05, 0.1) is 47.5 Å². The molecule has 2 aromatic heterocycles. The van der Waals surface area contributed by atoms with E-state index >= 15 is 0 Å². The summed E-state index contributed by atoms with van der Waals surface area (Å²) in [5.74, 6) is 1.79. The SMILES string of the molecule is CO.COc1ccc2nc(S(=O)Cc3ncc(C)c(OC)c3C)[nH]c2c1.[Na+]. The second-order valence-corrected chi connectivity index (χ2v) is 6.83. The van der Waals surface area contributed by atoms with Crippen molar-refractivity contribution in [3.05, 3.63) is 41.2 Å². The van der Waals surface area contributed by atoms with Gasteiger partial charge in [-0.3, -0.25) is 9.19 Å². The first-order valence-corrected chi connectivity index (χ1v) is 9.21. The number of nitrogens with zero attached hydrogens (tertiary/aromatic N) is 2.